The molecule has 0 spiro atoms. The lowest BCUT2D eigenvalue weighted by Crippen LogP contribution is -2.41. The van der Waals surface area contributed by atoms with Gasteiger partial charge in [0, 0.05) is 42.9 Å². The molecule has 1 saturated heterocycles. The van der Waals surface area contributed by atoms with Crippen molar-refractivity contribution < 1.29 is 9.42 Å². The molecule has 0 radical (unpaired) electrons. The van der Waals surface area contributed by atoms with Gasteiger partial charge in [-0.3, -0.25) is 4.79 Å². The summed E-state index contributed by atoms with van der Waals surface area (Å²) >= 11 is 0. The predicted octanol–water partition coefficient (Wildman–Crippen LogP) is 3.20. The van der Waals surface area contributed by atoms with Crippen LogP contribution in [0.5, 0.6) is 0 Å². The Balaban J connectivity index is 1.29. The summed E-state index contributed by atoms with van der Waals surface area (Å²) in [6.45, 7) is 3.92. The van der Waals surface area contributed by atoms with Crippen LogP contribution in [0.2, 0.25) is 0 Å². The van der Waals surface area contributed by atoms with E-state index in [0.29, 0.717) is 12.2 Å². The van der Waals surface area contributed by atoms with E-state index in [2.05, 4.69) is 27.3 Å². The molecule has 0 atom stereocenters. The third-order valence-corrected chi connectivity index (χ3v) is 6.60. The molecule has 5 rings (SSSR count). The average molecular weight is 433 g/mol. The van der Waals surface area contributed by atoms with Gasteiger partial charge < -0.3 is 9.80 Å². The number of aromatic nitrogens is 4. The number of piperidine rings is 1. The third-order valence-electron chi connectivity index (χ3n) is 6.60. The van der Waals surface area contributed by atoms with Gasteiger partial charge in [0.15, 0.2) is 5.82 Å². The fourth-order valence-electron chi connectivity index (χ4n) is 4.74. The number of hydrogen-bond acceptors (Lipinski definition) is 7. The molecule has 3 aromatic rings. The van der Waals surface area contributed by atoms with Crippen molar-refractivity contribution in [1.29, 1.82) is 0 Å². The van der Waals surface area contributed by atoms with E-state index in [-0.39, 0.29) is 11.8 Å². The zero-order chi connectivity index (χ0) is 22.1. The molecule has 1 aliphatic carbocycles. The Bertz CT molecular complexity index is 1100. The number of carbonyl (C=O) groups excluding carboxylic acids is 1. The fourth-order valence-corrected chi connectivity index (χ4v) is 4.74. The van der Waals surface area contributed by atoms with Crippen LogP contribution in [0.1, 0.15) is 41.9 Å². The highest BCUT2D eigenvalue weighted by molar-refractivity contribution is 5.79. The van der Waals surface area contributed by atoms with Crippen molar-refractivity contribution >= 4 is 11.7 Å². The van der Waals surface area contributed by atoms with Crippen LogP contribution < -0.4 is 4.90 Å². The summed E-state index contributed by atoms with van der Waals surface area (Å²) in [4.78, 5) is 27.0. The SMILES string of the molecule is Cc1nonc1CN(C)C(=O)C1CCN(c2nc(-c3ccccc3)nc3c2CCC3)CC1. The highest BCUT2D eigenvalue weighted by Gasteiger charge is 2.31. The van der Waals surface area contributed by atoms with Crippen molar-refractivity contribution in [3.63, 3.8) is 0 Å². The molecular formula is C24H28N6O2. The van der Waals surface area contributed by atoms with Crippen molar-refractivity contribution in [2.24, 2.45) is 5.92 Å². The molecule has 8 heteroatoms. The van der Waals surface area contributed by atoms with E-state index in [1.54, 1.807) is 4.90 Å². The molecule has 166 valence electrons. The first kappa shape index (κ1) is 20.6. The van der Waals surface area contributed by atoms with E-state index in [4.69, 9.17) is 14.6 Å². The van der Waals surface area contributed by atoms with Gasteiger partial charge in [0.2, 0.25) is 5.91 Å². The van der Waals surface area contributed by atoms with E-state index < -0.39 is 0 Å². The van der Waals surface area contributed by atoms with E-state index >= 15 is 0 Å². The summed E-state index contributed by atoms with van der Waals surface area (Å²) in [6.07, 6.45) is 4.82. The maximum Gasteiger partial charge on any atom is 0.225 e. The van der Waals surface area contributed by atoms with Crippen LogP contribution in [0.25, 0.3) is 11.4 Å². The van der Waals surface area contributed by atoms with Crippen LogP contribution in [-0.4, -0.2) is 51.2 Å². The van der Waals surface area contributed by atoms with Crippen molar-refractivity contribution in [2.45, 2.75) is 45.6 Å². The summed E-state index contributed by atoms with van der Waals surface area (Å²) in [5.41, 5.74) is 4.96. The number of hydrogen-bond donors (Lipinski definition) is 0. The van der Waals surface area contributed by atoms with Crippen LogP contribution in [0.3, 0.4) is 0 Å². The predicted molar refractivity (Wildman–Crippen MR) is 120 cm³/mol. The number of rotatable bonds is 5. The molecule has 1 aromatic carbocycles. The lowest BCUT2D eigenvalue weighted by molar-refractivity contribution is -0.135. The first-order valence-electron chi connectivity index (χ1n) is 11.3. The minimum Gasteiger partial charge on any atom is -0.356 e. The van der Waals surface area contributed by atoms with Gasteiger partial charge in [0.1, 0.15) is 17.2 Å². The van der Waals surface area contributed by atoms with Gasteiger partial charge in [0.25, 0.3) is 0 Å². The molecule has 1 amide bonds. The monoisotopic (exact) mass is 432 g/mol. The van der Waals surface area contributed by atoms with E-state index in [9.17, 15) is 4.79 Å². The Morgan fingerprint density at radius 3 is 2.62 bits per heavy atom. The summed E-state index contributed by atoms with van der Waals surface area (Å²) < 4.78 is 4.76. The van der Waals surface area contributed by atoms with E-state index in [1.807, 2.05) is 32.2 Å². The summed E-state index contributed by atoms with van der Waals surface area (Å²) in [6, 6.07) is 10.2. The quantitative estimate of drug-likeness (QED) is 0.612. The minimum atomic E-state index is 0.0138. The second-order valence-electron chi connectivity index (χ2n) is 8.77. The number of benzene rings is 1. The first-order chi connectivity index (χ1) is 15.6. The zero-order valence-electron chi connectivity index (χ0n) is 18.6. The molecule has 2 aromatic heterocycles. The molecule has 2 aliphatic rings. The van der Waals surface area contributed by atoms with Gasteiger partial charge in [-0.05, 0) is 39.0 Å². The molecule has 0 unspecified atom stereocenters. The zero-order valence-corrected chi connectivity index (χ0v) is 18.6. The smallest absolute Gasteiger partial charge is 0.225 e. The lowest BCUT2D eigenvalue weighted by atomic mass is 9.95. The minimum absolute atomic E-state index is 0.0138. The molecule has 3 heterocycles. The first-order valence-corrected chi connectivity index (χ1v) is 11.3. The van der Waals surface area contributed by atoms with Crippen LogP contribution in [0.4, 0.5) is 5.82 Å². The van der Waals surface area contributed by atoms with Gasteiger partial charge in [-0.2, -0.15) is 0 Å². The Labute approximate surface area is 187 Å². The molecular weight excluding hydrogens is 404 g/mol. The Morgan fingerprint density at radius 2 is 1.91 bits per heavy atom. The molecule has 0 saturated carbocycles. The molecule has 1 fully saturated rings. The molecule has 8 nitrogen and oxygen atoms in total. The van der Waals surface area contributed by atoms with Gasteiger partial charge in [0.05, 0.1) is 6.54 Å². The van der Waals surface area contributed by atoms with E-state index in [0.717, 1.165) is 68.1 Å². The van der Waals surface area contributed by atoms with Crippen LogP contribution in [0, 0.1) is 12.8 Å². The Hall–Kier alpha value is -3.29. The standard InChI is InChI=1S/C24H28N6O2/c1-16-21(28-32-27-16)15-29(2)24(31)18-11-13-30(14-12-18)23-19-9-6-10-20(19)25-22(26-23)17-7-4-3-5-8-17/h3-5,7-8,18H,6,9-15H2,1-2H3. The second-order valence-corrected chi connectivity index (χ2v) is 8.77. The van der Waals surface area contributed by atoms with Gasteiger partial charge >= 0.3 is 0 Å². The van der Waals surface area contributed by atoms with Crippen molar-refractivity contribution in [2.75, 3.05) is 25.0 Å². The highest BCUT2D eigenvalue weighted by Crippen LogP contribution is 2.33. The molecule has 0 bridgehead atoms. The Morgan fingerprint density at radius 1 is 1.12 bits per heavy atom. The number of amides is 1. The maximum absolute atomic E-state index is 13.0. The molecule has 1 aliphatic heterocycles. The molecule has 32 heavy (non-hydrogen) atoms. The van der Waals surface area contributed by atoms with Crippen molar-refractivity contribution in [3.05, 3.63) is 53.0 Å². The Kier molecular flexibility index (Phi) is 5.59. The fraction of sp³-hybridized carbons (Fsp3) is 0.458. The summed E-state index contributed by atoms with van der Waals surface area (Å²) in [5, 5.41) is 7.70. The van der Waals surface area contributed by atoms with Crippen LogP contribution in [-0.2, 0) is 24.2 Å². The number of anilines is 1. The summed E-state index contributed by atoms with van der Waals surface area (Å²) in [5.74, 6) is 2.04. The van der Waals surface area contributed by atoms with Gasteiger partial charge in [-0.25, -0.2) is 14.6 Å². The van der Waals surface area contributed by atoms with Crippen molar-refractivity contribution in [3.8, 4) is 11.4 Å². The number of carbonyl (C=O) groups is 1. The van der Waals surface area contributed by atoms with Gasteiger partial charge in [-0.1, -0.05) is 40.6 Å². The normalized spacial score (nSPS) is 16.2. The lowest BCUT2D eigenvalue weighted by Gasteiger charge is -2.34. The largest absolute Gasteiger partial charge is 0.356 e. The van der Waals surface area contributed by atoms with E-state index in [1.165, 1.54) is 11.3 Å². The number of fused-ring (bicyclic) bond motifs is 1. The third kappa shape index (κ3) is 3.97. The van der Waals surface area contributed by atoms with Crippen LogP contribution in [0.15, 0.2) is 35.0 Å². The topological polar surface area (TPSA) is 88.3 Å². The highest BCUT2D eigenvalue weighted by atomic mass is 16.6. The number of nitrogens with zero attached hydrogens (tertiary/aromatic N) is 6. The maximum atomic E-state index is 13.0. The number of aryl methyl sites for hydroxylation is 2. The van der Waals surface area contributed by atoms with Crippen LogP contribution >= 0.6 is 0 Å². The molecule has 0 N–H and O–H groups in total. The van der Waals surface area contributed by atoms with Gasteiger partial charge in [-0.15, -0.1) is 0 Å². The average Bonchev–Trinajstić information content (AvgIpc) is 3.47. The second kappa shape index (κ2) is 8.68. The van der Waals surface area contributed by atoms with Crippen molar-refractivity contribution in [1.82, 2.24) is 25.2 Å². The summed E-state index contributed by atoms with van der Waals surface area (Å²) in [7, 11) is 1.83.